The molecule has 23 heavy (non-hydrogen) atoms. The van der Waals surface area contributed by atoms with Crippen molar-refractivity contribution in [2.24, 2.45) is 5.92 Å². The summed E-state index contributed by atoms with van der Waals surface area (Å²) in [5, 5.41) is 8.65. The van der Waals surface area contributed by atoms with E-state index in [0.29, 0.717) is 23.0 Å². The minimum atomic E-state index is -0.502. The van der Waals surface area contributed by atoms with Crippen molar-refractivity contribution in [1.29, 1.82) is 0 Å². The van der Waals surface area contributed by atoms with Crippen molar-refractivity contribution in [3.63, 3.8) is 0 Å². The number of anilines is 2. The maximum absolute atomic E-state index is 12.2. The molecule has 1 aromatic carbocycles. The Kier molecular flexibility index (Phi) is 4.41. The summed E-state index contributed by atoms with van der Waals surface area (Å²) in [6, 6.07) is 5.26. The summed E-state index contributed by atoms with van der Waals surface area (Å²) in [5.74, 6) is 0.936. The van der Waals surface area contributed by atoms with Crippen LogP contribution in [0.15, 0.2) is 18.2 Å². The van der Waals surface area contributed by atoms with Gasteiger partial charge in [0.15, 0.2) is 6.10 Å². The Labute approximate surface area is 136 Å². The number of amides is 3. The van der Waals surface area contributed by atoms with Crippen LogP contribution in [-0.2, 0) is 4.79 Å². The minimum absolute atomic E-state index is 0.185. The summed E-state index contributed by atoms with van der Waals surface area (Å²) >= 11 is 0. The van der Waals surface area contributed by atoms with Gasteiger partial charge < -0.3 is 20.7 Å². The van der Waals surface area contributed by atoms with Crippen LogP contribution < -0.4 is 20.7 Å². The summed E-state index contributed by atoms with van der Waals surface area (Å²) in [7, 11) is 0. The Balaban J connectivity index is 1.63. The van der Waals surface area contributed by atoms with E-state index < -0.39 is 6.10 Å². The van der Waals surface area contributed by atoms with Crippen molar-refractivity contribution in [2.45, 2.75) is 51.7 Å². The first-order valence-corrected chi connectivity index (χ1v) is 8.22. The van der Waals surface area contributed by atoms with Crippen LogP contribution in [0.5, 0.6) is 5.75 Å². The van der Waals surface area contributed by atoms with Crippen molar-refractivity contribution >= 4 is 23.3 Å². The molecule has 0 spiro atoms. The predicted molar refractivity (Wildman–Crippen MR) is 88.7 cm³/mol. The maximum Gasteiger partial charge on any atom is 0.319 e. The Morgan fingerprint density at radius 2 is 2.04 bits per heavy atom. The van der Waals surface area contributed by atoms with Gasteiger partial charge in [-0.1, -0.05) is 19.8 Å². The van der Waals surface area contributed by atoms with Gasteiger partial charge in [0.25, 0.3) is 5.91 Å². The molecule has 1 aliphatic carbocycles. The smallest absolute Gasteiger partial charge is 0.319 e. The highest BCUT2D eigenvalue weighted by molar-refractivity contribution is 5.99. The molecular weight excluding hydrogens is 294 g/mol. The number of benzene rings is 1. The molecule has 1 aromatic rings. The number of ether oxygens (including phenoxy) is 1. The molecule has 3 atom stereocenters. The number of fused-ring (bicyclic) bond motifs is 1. The molecule has 6 nitrogen and oxygen atoms in total. The lowest BCUT2D eigenvalue weighted by atomic mass is 9.86. The molecule has 1 saturated carbocycles. The third kappa shape index (κ3) is 3.57. The Morgan fingerprint density at radius 1 is 1.26 bits per heavy atom. The highest BCUT2D eigenvalue weighted by Gasteiger charge is 2.25. The van der Waals surface area contributed by atoms with Crippen LogP contribution in [0.4, 0.5) is 16.2 Å². The monoisotopic (exact) mass is 317 g/mol. The number of hydrogen-bond acceptors (Lipinski definition) is 3. The van der Waals surface area contributed by atoms with Gasteiger partial charge in [-0.25, -0.2) is 4.79 Å². The van der Waals surface area contributed by atoms with Gasteiger partial charge in [0.2, 0.25) is 0 Å². The van der Waals surface area contributed by atoms with Crippen LogP contribution in [0.1, 0.15) is 39.5 Å². The first kappa shape index (κ1) is 15.6. The van der Waals surface area contributed by atoms with E-state index in [1.807, 2.05) is 0 Å². The first-order valence-electron chi connectivity index (χ1n) is 8.22. The van der Waals surface area contributed by atoms with Crippen LogP contribution in [0.25, 0.3) is 0 Å². The van der Waals surface area contributed by atoms with Crippen LogP contribution in [0.3, 0.4) is 0 Å². The molecule has 3 N–H and O–H groups in total. The minimum Gasteiger partial charge on any atom is -0.479 e. The Bertz CT molecular complexity index is 617. The Hall–Kier alpha value is -2.24. The van der Waals surface area contributed by atoms with Gasteiger partial charge in [0.1, 0.15) is 5.75 Å². The molecule has 0 bridgehead atoms. The number of nitrogens with one attached hydrogen (secondary N) is 3. The lowest BCUT2D eigenvalue weighted by molar-refractivity contribution is -0.122. The topological polar surface area (TPSA) is 79.5 Å². The summed E-state index contributed by atoms with van der Waals surface area (Å²) in [5.41, 5.74) is 1.21. The molecule has 0 radical (unpaired) electrons. The van der Waals surface area contributed by atoms with E-state index >= 15 is 0 Å². The molecule has 124 valence electrons. The van der Waals surface area contributed by atoms with Gasteiger partial charge in [-0.05, 0) is 43.9 Å². The predicted octanol–water partition coefficient (Wildman–Crippen LogP) is 3.11. The van der Waals surface area contributed by atoms with E-state index in [1.165, 1.54) is 6.42 Å². The van der Waals surface area contributed by atoms with Gasteiger partial charge in [0.05, 0.1) is 5.69 Å². The highest BCUT2D eigenvalue weighted by atomic mass is 16.5. The second-order valence-corrected chi connectivity index (χ2v) is 6.43. The van der Waals surface area contributed by atoms with Gasteiger partial charge >= 0.3 is 6.03 Å². The summed E-state index contributed by atoms with van der Waals surface area (Å²) < 4.78 is 5.50. The molecule has 3 amide bonds. The second kappa shape index (κ2) is 6.48. The number of urea groups is 1. The number of carbonyl (C=O) groups excluding carboxylic acids is 2. The zero-order chi connectivity index (χ0) is 16.4. The summed E-state index contributed by atoms with van der Waals surface area (Å²) in [4.78, 5) is 23.8. The van der Waals surface area contributed by atoms with Gasteiger partial charge in [-0.2, -0.15) is 0 Å². The average molecular weight is 317 g/mol. The van der Waals surface area contributed by atoms with Crippen molar-refractivity contribution < 1.29 is 14.3 Å². The molecule has 1 fully saturated rings. The molecule has 0 unspecified atom stereocenters. The SMILES string of the molecule is C[C@@H]1Oc2ccc(NC(=O)N[C@H]3CCCC[C@H]3C)cc2NC1=O. The van der Waals surface area contributed by atoms with Crippen molar-refractivity contribution in [1.82, 2.24) is 5.32 Å². The van der Waals surface area contributed by atoms with E-state index in [9.17, 15) is 9.59 Å². The number of carbonyl (C=O) groups is 2. The zero-order valence-electron chi connectivity index (χ0n) is 13.5. The van der Waals surface area contributed by atoms with Crippen molar-refractivity contribution in [2.75, 3.05) is 10.6 Å². The first-order chi connectivity index (χ1) is 11.0. The molecule has 3 rings (SSSR count). The lowest BCUT2D eigenvalue weighted by Gasteiger charge is -2.29. The Morgan fingerprint density at radius 3 is 2.83 bits per heavy atom. The molecule has 1 heterocycles. The standard InChI is InChI=1S/C17H23N3O3/c1-10-5-3-4-6-13(10)20-17(22)18-12-7-8-15-14(9-12)19-16(21)11(2)23-15/h7-11,13H,3-6H2,1-2H3,(H,19,21)(H2,18,20,22)/t10-,11+,13+/m1/s1. The normalized spacial score (nSPS) is 26.5. The van der Waals surface area contributed by atoms with Crippen molar-refractivity contribution in [3.05, 3.63) is 18.2 Å². The van der Waals surface area contributed by atoms with Gasteiger partial charge in [-0.3, -0.25) is 4.79 Å². The van der Waals surface area contributed by atoms with Crippen LogP contribution in [-0.4, -0.2) is 24.1 Å². The summed E-state index contributed by atoms with van der Waals surface area (Å²) in [6.07, 6.45) is 4.09. The molecule has 1 aliphatic heterocycles. The molecular formula is C17H23N3O3. The van der Waals surface area contributed by atoms with Crippen LogP contribution >= 0.6 is 0 Å². The fourth-order valence-electron chi connectivity index (χ4n) is 3.15. The molecule has 0 aromatic heterocycles. The average Bonchev–Trinajstić information content (AvgIpc) is 2.51. The van der Waals surface area contributed by atoms with E-state index in [0.717, 1.165) is 19.3 Å². The van der Waals surface area contributed by atoms with Crippen LogP contribution in [0, 0.1) is 5.92 Å². The second-order valence-electron chi connectivity index (χ2n) is 6.43. The fourth-order valence-corrected chi connectivity index (χ4v) is 3.15. The third-order valence-electron chi connectivity index (χ3n) is 4.60. The fraction of sp³-hybridized carbons (Fsp3) is 0.529. The quantitative estimate of drug-likeness (QED) is 0.784. The van der Waals surface area contributed by atoms with Gasteiger partial charge in [0, 0.05) is 11.7 Å². The van der Waals surface area contributed by atoms with E-state index in [1.54, 1.807) is 25.1 Å². The van der Waals surface area contributed by atoms with Crippen molar-refractivity contribution in [3.8, 4) is 5.75 Å². The summed E-state index contributed by atoms with van der Waals surface area (Å²) in [6.45, 7) is 3.88. The molecule has 0 saturated heterocycles. The van der Waals surface area contributed by atoms with Crippen LogP contribution in [0.2, 0.25) is 0 Å². The third-order valence-corrected chi connectivity index (χ3v) is 4.60. The number of hydrogen-bond donors (Lipinski definition) is 3. The lowest BCUT2D eigenvalue weighted by Crippen LogP contribution is -2.43. The van der Waals surface area contributed by atoms with E-state index in [4.69, 9.17) is 4.74 Å². The molecule has 6 heteroatoms. The largest absolute Gasteiger partial charge is 0.479 e. The van der Waals surface area contributed by atoms with Gasteiger partial charge in [-0.15, -0.1) is 0 Å². The maximum atomic E-state index is 12.2. The number of rotatable bonds is 2. The highest BCUT2D eigenvalue weighted by Crippen LogP contribution is 2.32. The molecule has 2 aliphatic rings. The zero-order valence-corrected chi connectivity index (χ0v) is 13.5. The van der Waals surface area contributed by atoms with E-state index in [2.05, 4.69) is 22.9 Å². The van der Waals surface area contributed by atoms with E-state index in [-0.39, 0.29) is 18.0 Å².